The Morgan fingerprint density at radius 3 is 1.79 bits per heavy atom. The van der Waals surface area contributed by atoms with Gasteiger partial charge in [0.25, 0.3) is 12.4 Å². The third-order valence-electron chi connectivity index (χ3n) is 5.23. The van der Waals surface area contributed by atoms with Crippen LogP contribution in [0.15, 0.2) is 116 Å². The molecule has 0 amide bonds. The van der Waals surface area contributed by atoms with Crippen LogP contribution in [0.1, 0.15) is 5.56 Å². The predicted molar refractivity (Wildman–Crippen MR) is 126 cm³/mol. The maximum absolute atomic E-state index is 8.97. The summed E-state index contributed by atoms with van der Waals surface area (Å²) in [6.07, 6.45) is 4.00. The Labute approximate surface area is 207 Å². The van der Waals surface area contributed by atoms with Gasteiger partial charge in [-0.25, -0.2) is 0 Å². The normalized spacial score (nSPS) is 11.7. The summed E-state index contributed by atoms with van der Waals surface area (Å²) in [7, 11) is 0. The SMILES string of the molecule is C1=[N+](c2ccccc2)C=C[N+]=1c1ccccc1.N#Cc1cccc2c1[n-]c1ccccc12.[Au+]. The average molecular weight is 608 g/mol. The van der Waals surface area contributed by atoms with E-state index in [1.807, 2.05) is 94.3 Å². The molecule has 5 aromatic rings. The first-order valence-electron chi connectivity index (χ1n) is 10.3. The Hall–Kier alpha value is -3.97. The summed E-state index contributed by atoms with van der Waals surface area (Å²) in [5.74, 6) is 0. The first-order valence-corrected chi connectivity index (χ1v) is 10.3. The topological polar surface area (TPSA) is 43.9 Å². The minimum atomic E-state index is 0. The van der Waals surface area contributed by atoms with E-state index in [2.05, 4.69) is 41.3 Å². The van der Waals surface area contributed by atoms with E-state index >= 15 is 0 Å². The van der Waals surface area contributed by atoms with Gasteiger partial charge in [-0.3, -0.25) is 0 Å². The molecule has 0 spiro atoms. The summed E-state index contributed by atoms with van der Waals surface area (Å²) in [4.78, 5) is 4.46. The van der Waals surface area contributed by atoms with Crippen molar-refractivity contribution in [3.63, 3.8) is 0 Å². The Bertz CT molecular complexity index is 1500. The van der Waals surface area contributed by atoms with Crippen LogP contribution in [0, 0.1) is 11.3 Å². The van der Waals surface area contributed by atoms with Gasteiger partial charge in [0, 0.05) is 29.8 Å². The fraction of sp³-hybridized carbons (Fsp3) is 0. The van der Waals surface area contributed by atoms with Crippen LogP contribution in [0.2, 0.25) is 0 Å². The number of aromatic nitrogens is 1. The summed E-state index contributed by atoms with van der Waals surface area (Å²) in [6, 6.07) is 39.5. The zero-order valence-corrected chi connectivity index (χ0v) is 19.7. The zero-order chi connectivity index (χ0) is 21.8. The Morgan fingerprint density at radius 2 is 1.18 bits per heavy atom. The van der Waals surface area contributed by atoms with Crippen LogP contribution >= 0.6 is 0 Å². The molecule has 4 aromatic carbocycles. The number of rotatable bonds is 2. The summed E-state index contributed by atoms with van der Waals surface area (Å²) in [5, 5.41) is 11.1. The molecule has 0 unspecified atom stereocenters. The summed E-state index contributed by atoms with van der Waals surface area (Å²) in [5.41, 5.74) is 4.63. The molecule has 0 aliphatic carbocycles. The van der Waals surface area contributed by atoms with Gasteiger partial charge in [-0.15, -0.1) is 11.0 Å². The van der Waals surface area contributed by atoms with Gasteiger partial charge in [0.2, 0.25) is 11.4 Å². The molecule has 1 aliphatic rings. The van der Waals surface area contributed by atoms with Crippen LogP contribution in [0.3, 0.4) is 0 Å². The van der Waals surface area contributed by atoms with Crippen molar-refractivity contribution < 1.29 is 31.5 Å². The van der Waals surface area contributed by atoms with Crippen molar-refractivity contribution in [1.29, 1.82) is 5.26 Å². The summed E-state index contributed by atoms with van der Waals surface area (Å²) in [6.45, 7) is 0. The number of benzene rings is 4. The number of fused-ring (bicyclic) bond motifs is 3. The average Bonchev–Trinajstić information content (AvgIpc) is 3.51. The van der Waals surface area contributed by atoms with Gasteiger partial charge in [0.15, 0.2) is 0 Å². The zero-order valence-electron chi connectivity index (χ0n) is 17.6. The maximum atomic E-state index is 8.97. The standard InChI is InChI=1S/C15H12N2.C13H7N2.Au/c1-3-7-14(8-4-1)16-11-12-17(13-16)15-9-5-2-6-10-15;14-8-9-4-3-6-11-10-5-1-2-7-12(10)15-13(9)11;/h1-12H;1-7H;/q+2;-1;+1. The van der Waals surface area contributed by atoms with Crippen molar-refractivity contribution in [2.24, 2.45) is 0 Å². The molecule has 1 aromatic heterocycles. The molecule has 0 saturated heterocycles. The molecule has 5 heteroatoms. The Kier molecular flexibility index (Phi) is 6.80. The van der Waals surface area contributed by atoms with E-state index in [9.17, 15) is 0 Å². The summed E-state index contributed by atoms with van der Waals surface area (Å²) < 4.78 is 3.96. The molecule has 0 radical (unpaired) electrons. The van der Waals surface area contributed by atoms with E-state index in [0.29, 0.717) is 5.56 Å². The maximum Gasteiger partial charge on any atom is 1.00 e. The predicted octanol–water partition coefficient (Wildman–Crippen LogP) is 6.15. The van der Waals surface area contributed by atoms with Gasteiger partial charge < -0.3 is 4.98 Å². The van der Waals surface area contributed by atoms with Crippen LogP contribution < -0.4 is 4.98 Å². The number of hydrogen-bond donors (Lipinski definition) is 0. The van der Waals surface area contributed by atoms with Crippen LogP contribution in [0.5, 0.6) is 0 Å². The first-order chi connectivity index (χ1) is 15.8. The number of nitriles is 1. The Balaban J connectivity index is 0.000000153. The molecule has 1 aliphatic heterocycles. The Morgan fingerprint density at radius 1 is 0.636 bits per heavy atom. The molecule has 0 saturated carbocycles. The molecular formula is C28H19AuN4+2. The van der Waals surface area contributed by atoms with Crippen molar-refractivity contribution in [3.8, 4) is 6.07 Å². The quantitative estimate of drug-likeness (QED) is 0.178. The van der Waals surface area contributed by atoms with Crippen molar-refractivity contribution >= 4 is 39.2 Å². The largest absolute Gasteiger partial charge is 1.00 e. The van der Waals surface area contributed by atoms with E-state index < -0.39 is 0 Å². The molecule has 4 nitrogen and oxygen atoms in total. The second-order valence-electron chi connectivity index (χ2n) is 7.25. The second-order valence-corrected chi connectivity index (χ2v) is 7.25. The van der Waals surface area contributed by atoms with Crippen LogP contribution in [-0.4, -0.2) is 15.2 Å². The van der Waals surface area contributed by atoms with Crippen LogP contribution in [0.4, 0.5) is 11.4 Å². The number of para-hydroxylation sites is 4. The van der Waals surface area contributed by atoms with E-state index in [-0.39, 0.29) is 22.4 Å². The second kappa shape index (κ2) is 10.1. The van der Waals surface area contributed by atoms with E-state index in [1.165, 1.54) is 0 Å². The van der Waals surface area contributed by atoms with Gasteiger partial charge in [0.05, 0.1) is 6.07 Å². The first kappa shape index (κ1) is 22.2. The summed E-state index contributed by atoms with van der Waals surface area (Å²) >= 11 is 0. The van der Waals surface area contributed by atoms with E-state index in [1.54, 1.807) is 6.07 Å². The molecule has 33 heavy (non-hydrogen) atoms. The monoisotopic (exact) mass is 608 g/mol. The van der Waals surface area contributed by atoms with Gasteiger partial charge in [-0.1, -0.05) is 81.9 Å². The van der Waals surface area contributed by atoms with Gasteiger partial charge in [0.1, 0.15) is 0 Å². The molecule has 6 rings (SSSR count). The minimum absolute atomic E-state index is 0. The van der Waals surface area contributed by atoms with Crippen molar-refractivity contribution in [2.45, 2.75) is 0 Å². The molecule has 160 valence electrons. The molecule has 0 atom stereocenters. The van der Waals surface area contributed by atoms with Crippen molar-refractivity contribution in [3.05, 3.63) is 121 Å². The van der Waals surface area contributed by atoms with Crippen LogP contribution in [0.25, 0.3) is 21.8 Å². The molecule has 0 bridgehead atoms. The number of nitrogens with zero attached hydrogens (tertiary/aromatic N) is 4. The molecule has 0 fully saturated rings. The molecule has 2 heterocycles. The fourth-order valence-corrected chi connectivity index (χ4v) is 3.67. The van der Waals surface area contributed by atoms with Crippen molar-refractivity contribution in [2.75, 3.05) is 0 Å². The number of hydrogen-bond acceptors (Lipinski definition) is 1. The fourth-order valence-electron chi connectivity index (χ4n) is 3.67. The van der Waals surface area contributed by atoms with Gasteiger partial charge in [-0.2, -0.15) is 5.26 Å². The van der Waals surface area contributed by atoms with E-state index in [0.717, 1.165) is 33.2 Å². The third-order valence-corrected chi connectivity index (χ3v) is 5.23. The van der Waals surface area contributed by atoms with E-state index in [4.69, 9.17) is 5.26 Å². The van der Waals surface area contributed by atoms with Gasteiger partial charge in [-0.05, 0) is 16.8 Å². The third kappa shape index (κ3) is 4.63. The molecule has 0 N–H and O–H groups in total. The van der Waals surface area contributed by atoms with Crippen LogP contribution in [-0.2, 0) is 22.4 Å². The smallest absolute Gasteiger partial charge is 0.656 e. The minimum Gasteiger partial charge on any atom is -0.656 e. The van der Waals surface area contributed by atoms with Gasteiger partial charge >= 0.3 is 28.4 Å². The molecular weight excluding hydrogens is 589 g/mol. The van der Waals surface area contributed by atoms with Crippen molar-refractivity contribution in [1.82, 2.24) is 4.98 Å².